The van der Waals surface area contributed by atoms with E-state index in [1.807, 2.05) is 0 Å². The molecule has 0 saturated carbocycles. The van der Waals surface area contributed by atoms with E-state index in [1.165, 1.54) is 6.20 Å². The van der Waals surface area contributed by atoms with E-state index in [0.29, 0.717) is 29.8 Å². The van der Waals surface area contributed by atoms with Gasteiger partial charge in [0.25, 0.3) is 0 Å². The normalized spacial score (nSPS) is 18.7. The van der Waals surface area contributed by atoms with Gasteiger partial charge in [0.1, 0.15) is 5.82 Å². The van der Waals surface area contributed by atoms with Crippen LogP contribution in [0.3, 0.4) is 0 Å². The second-order valence-corrected chi connectivity index (χ2v) is 5.88. The van der Waals surface area contributed by atoms with Crippen LogP contribution in [-0.2, 0) is 9.59 Å². The SMILES string of the molecule is CC(C)CN1C[C@H](C(=O)Nc2ccc(Cl)cn2)CC1=O. The monoisotopic (exact) mass is 295 g/mol. The molecule has 108 valence electrons. The molecule has 0 unspecified atom stereocenters. The number of anilines is 1. The molecule has 0 aromatic carbocycles. The molecule has 2 amide bonds. The van der Waals surface area contributed by atoms with Crippen LogP contribution >= 0.6 is 11.6 Å². The third kappa shape index (κ3) is 3.70. The molecule has 0 aliphatic carbocycles. The second-order valence-electron chi connectivity index (χ2n) is 5.44. The third-order valence-corrected chi connectivity index (χ3v) is 3.37. The average molecular weight is 296 g/mol. The van der Waals surface area contributed by atoms with Gasteiger partial charge in [0.05, 0.1) is 10.9 Å². The maximum atomic E-state index is 12.1. The lowest BCUT2D eigenvalue weighted by Crippen LogP contribution is -2.31. The van der Waals surface area contributed by atoms with Crippen molar-refractivity contribution < 1.29 is 9.59 Å². The zero-order valence-electron chi connectivity index (χ0n) is 11.6. The molecular weight excluding hydrogens is 278 g/mol. The highest BCUT2D eigenvalue weighted by Gasteiger charge is 2.34. The number of carbonyl (C=O) groups excluding carboxylic acids is 2. The maximum absolute atomic E-state index is 12.1. The number of pyridine rings is 1. The standard InChI is InChI=1S/C14H18ClN3O2/c1-9(2)7-18-8-10(5-13(18)19)14(20)17-12-4-3-11(15)6-16-12/h3-4,6,9-10H,5,7-8H2,1-2H3,(H,16,17,20)/t10-/m1/s1. The van der Waals surface area contributed by atoms with Gasteiger partial charge >= 0.3 is 0 Å². The van der Waals surface area contributed by atoms with E-state index >= 15 is 0 Å². The fourth-order valence-corrected chi connectivity index (χ4v) is 2.35. The van der Waals surface area contributed by atoms with Gasteiger partial charge in [0.2, 0.25) is 11.8 Å². The third-order valence-electron chi connectivity index (χ3n) is 3.15. The van der Waals surface area contributed by atoms with E-state index in [4.69, 9.17) is 11.6 Å². The number of nitrogens with one attached hydrogen (secondary N) is 1. The van der Waals surface area contributed by atoms with Gasteiger partial charge in [0, 0.05) is 25.7 Å². The zero-order valence-corrected chi connectivity index (χ0v) is 12.4. The van der Waals surface area contributed by atoms with E-state index in [1.54, 1.807) is 17.0 Å². The fourth-order valence-electron chi connectivity index (χ4n) is 2.24. The van der Waals surface area contributed by atoms with Crippen molar-refractivity contribution in [2.24, 2.45) is 11.8 Å². The van der Waals surface area contributed by atoms with E-state index in [0.717, 1.165) is 0 Å². The zero-order chi connectivity index (χ0) is 14.7. The highest BCUT2D eigenvalue weighted by Crippen LogP contribution is 2.20. The van der Waals surface area contributed by atoms with Crippen LogP contribution in [0.4, 0.5) is 5.82 Å². The minimum Gasteiger partial charge on any atom is -0.342 e. The van der Waals surface area contributed by atoms with Crippen LogP contribution in [0.1, 0.15) is 20.3 Å². The molecule has 0 spiro atoms. The van der Waals surface area contributed by atoms with Crippen LogP contribution in [-0.4, -0.2) is 34.8 Å². The Hall–Kier alpha value is -1.62. The summed E-state index contributed by atoms with van der Waals surface area (Å²) in [5.74, 6) is 0.425. The first-order chi connectivity index (χ1) is 9.45. The fraction of sp³-hybridized carbons (Fsp3) is 0.500. The van der Waals surface area contributed by atoms with Crippen LogP contribution in [0.25, 0.3) is 0 Å². The minimum absolute atomic E-state index is 0.0444. The molecule has 1 aromatic rings. The summed E-state index contributed by atoms with van der Waals surface area (Å²) in [6.07, 6.45) is 1.74. The van der Waals surface area contributed by atoms with Crippen molar-refractivity contribution in [3.63, 3.8) is 0 Å². The molecule has 1 aromatic heterocycles. The van der Waals surface area contributed by atoms with Crippen LogP contribution in [0, 0.1) is 11.8 Å². The molecule has 1 atom stereocenters. The molecule has 20 heavy (non-hydrogen) atoms. The first-order valence-corrected chi connectivity index (χ1v) is 7.03. The summed E-state index contributed by atoms with van der Waals surface area (Å²) < 4.78 is 0. The molecule has 6 heteroatoms. The Balaban J connectivity index is 1.94. The number of hydrogen-bond donors (Lipinski definition) is 1. The van der Waals surface area contributed by atoms with Crippen LogP contribution in [0.5, 0.6) is 0 Å². The quantitative estimate of drug-likeness (QED) is 0.926. The largest absolute Gasteiger partial charge is 0.342 e. The van der Waals surface area contributed by atoms with Crippen molar-refractivity contribution >= 4 is 29.2 Å². The lowest BCUT2D eigenvalue weighted by molar-refractivity contribution is -0.128. The molecule has 0 bridgehead atoms. The summed E-state index contributed by atoms with van der Waals surface area (Å²) >= 11 is 5.74. The topological polar surface area (TPSA) is 62.3 Å². The maximum Gasteiger partial charge on any atom is 0.230 e. The Bertz CT molecular complexity index is 502. The number of amides is 2. The van der Waals surface area contributed by atoms with Crippen LogP contribution in [0.2, 0.25) is 5.02 Å². The van der Waals surface area contributed by atoms with E-state index in [-0.39, 0.29) is 24.2 Å². The first kappa shape index (κ1) is 14.8. The number of rotatable bonds is 4. The number of likely N-dealkylation sites (tertiary alicyclic amines) is 1. The van der Waals surface area contributed by atoms with Crippen molar-refractivity contribution in [3.05, 3.63) is 23.4 Å². The number of carbonyl (C=O) groups is 2. The number of hydrogen-bond acceptors (Lipinski definition) is 3. The smallest absolute Gasteiger partial charge is 0.230 e. The Morgan fingerprint density at radius 1 is 1.55 bits per heavy atom. The molecule has 0 radical (unpaired) electrons. The molecule has 2 heterocycles. The summed E-state index contributed by atoms with van der Waals surface area (Å²) in [6, 6.07) is 3.30. The Kier molecular flexibility index (Phi) is 4.60. The summed E-state index contributed by atoms with van der Waals surface area (Å²) in [5, 5.41) is 3.23. The number of nitrogens with zero attached hydrogens (tertiary/aromatic N) is 2. The Labute approximate surface area is 123 Å². The average Bonchev–Trinajstić information content (AvgIpc) is 2.73. The summed E-state index contributed by atoms with van der Waals surface area (Å²) in [4.78, 5) is 29.7. The molecule has 1 N–H and O–H groups in total. The van der Waals surface area contributed by atoms with Crippen molar-refractivity contribution in [2.75, 3.05) is 18.4 Å². The van der Waals surface area contributed by atoms with Gasteiger partial charge in [-0.3, -0.25) is 9.59 Å². The van der Waals surface area contributed by atoms with Gasteiger partial charge in [-0.15, -0.1) is 0 Å². The van der Waals surface area contributed by atoms with E-state index in [2.05, 4.69) is 24.1 Å². The van der Waals surface area contributed by atoms with Crippen molar-refractivity contribution in [2.45, 2.75) is 20.3 Å². The second kappa shape index (κ2) is 6.22. The molecule has 2 rings (SSSR count). The van der Waals surface area contributed by atoms with E-state index < -0.39 is 0 Å². The van der Waals surface area contributed by atoms with Crippen LogP contribution in [0.15, 0.2) is 18.3 Å². The molecular formula is C14H18ClN3O2. The van der Waals surface area contributed by atoms with Crippen LogP contribution < -0.4 is 5.32 Å². The lowest BCUT2D eigenvalue weighted by atomic mass is 10.1. The lowest BCUT2D eigenvalue weighted by Gasteiger charge is -2.18. The summed E-state index contributed by atoms with van der Waals surface area (Å²) in [5.41, 5.74) is 0. The van der Waals surface area contributed by atoms with Gasteiger partial charge < -0.3 is 10.2 Å². The predicted molar refractivity (Wildman–Crippen MR) is 77.4 cm³/mol. The molecule has 1 saturated heterocycles. The van der Waals surface area contributed by atoms with Gasteiger partial charge in [-0.25, -0.2) is 4.98 Å². The number of aromatic nitrogens is 1. The molecule has 1 fully saturated rings. The predicted octanol–water partition coefficient (Wildman–Crippen LogP) is 2.18. The van der Waals surface area contributed by atoms with Crippen molar-refractivity contribution in [3.8, 4) is 0 Å². The molecule has 1 aliphatic rings. The summed E-state index contributed by atoms with van der Waals surface area (Å²) in [7, 11) is 0. The van der Waals surface area contributed by atoms with Crippen molar-refractivity contribution in [1.82, 2.24) is 9.88 Å². The van der Waals surface area contributed by atoms with E-state index in [9.17, 15) is 9.59 Å². The van der Waals surface area contributed by atoms with Gasteiger partial charge in [-0.1, -0.05) is 25.4 Å². The van der Waals surface area contributed by atoms with Crippen molar-refractivity contribution in [1.29, 1.82) is 0 Å². The number of halogens is 1. The molecule has 1 aliphatic heterocycles. The minimum atomic E-state index is -0.307. The Morgan fingerprint density at radius 3 is 2.90 bits per heavy atom. The van der Waals surface area contributed by atoms with Gasteiger partial charge in [0.15, 0.2) is 0 Å². The Morgan fingerprint density at radius 2 is 2.30 bits per heavy atom. The van der Waals surface area contributed by atoms with Gasteiger partial charge in [-0.05, 0) is 18.1 Å². The summed E-state index contributed by atoms with van der Waals surface area (Å²) in [6.45, 7) is 5.29. The van der Waals surface area contributed by atoms with Gasteiger partial charge in [-0.2, -0.15) is 0 Å². The highest BCUT2D eigenvalue weighted by atomic mass is 35.5. The molecule has 5 nitrogen and oxygen atoms in total. The first-order valence-electron chi connectivity index (χ1n) is 6.66. The highest BCUT2D eigenvalue weighted by molar-refractivity contribution is 6.30.